The van der Waals surface area contributed by atoms with Crippen LogP contribution in [0.4, 0.5) is 17.1 Å². The number of aryl methyl sites for hydroxylation is 4. The minimum atomic E-state index is -3.95. The van der Waals surface area contributed by atoms with E-state index in [0.29, 0.717) is 22.6 Å². The molecule has 0 unspecified atom stereocenters. The first-order valence-electron chi connectivity index (χ1n) is 12.1. The van der Waals surface area contributed by atoms with Crippen molar-refractivity contribution in [3.8, 4) is 0 Å². The summed E-state index contributed by atoms with van der Waals surface area (Å²) >= 11 is 0. The van der Waals surface area contributed by atoms with Crippen molar-refractivity contribution >= 4 is 43.0 Å². The lowest BCUT2D eigenvalue weighted by molar-refractivity contribution is 0.102. The van der Waals surface area contributed by atoms with E-state index >= 15 is 0 Å². The number of para-hydroxylation sites is 1. The third kappa shape index (κ3) is 6.47. The number of carbonyl (C=O) groups is 1. The molecule has 1 amide bonds. The minimum Gasteiger partial charge on any atom is -0.322 e. The Balaban J connectivity index is 1.51. The number of rotatable bonds is 8. The molecule has 0 spiro atoms. The van der Waals surface area contributed by atoms with Gasteiger partial charge in [0.05, 0.1) is 15.5 Å². The summed E-state index contributed by atoms with van der Waals surface area (Å²) in [6.07, 6.45) is 0. The van der Waals surface area contributed by atoms with Gasteiger partial charge >= 0.3 is 0 Å². The third-order valence-corrected chi connectivity index (χ3v) is 9.04. The Bertz CT molecular complexity index is 1750. The summed E-state index contributed by atoms with van der Waals surface area (Å²) in [4.78, 5) is 13.0. The fourth-order valence-corrected chi connectivity index (χ4v) is 6.56. The molecule has 0 saturated carbocycles. The molecule has 3 N–H and O–H groups in total. The zero-order chi connectivity index (χ0) is 28.4. The van der Waals surface area contributed by atoms with Crippen molar-refractivity contribution in [3.05, 3.63) is 113 Å². The van der Waals surface area contributed by atoms with Crippen molar-refractivity contribution in [1.29, 1.82) is 0 Å². The fraction of sp³-hybridized carbons (Fsp3) is 0.138. The number of carbonyl (C=O) groups excluding carboxylic acids is 1. The van der Waals surface area contributed by atoms with Crippen LogP contribution in [0.15, 0.2) is 94.7 Å². The van der Waals surface area contributed by atoms with Gasteiger partial charge in [-0.2, -0.15) is 0 Å². The molecular formula is C29H29N3O5S2. The van der Waals surface area contributed by atoms with Crippen molar-refractivity contribution in [2.75, 3.05) is 14.8 Å². The predicted molar refractivity (Wildman–Crippen MR) is 154 cm³/mol. The second-order valence-corrected chi connectivity index (χ2v) is 12.6. The topological polar surface area (TPSA) is 121 Å². The predicted octanol–water partition coefficient (Wildman–Crippen LogP) is 5.77. The van der Waals surface area contributed by atoms with Crippen LogP contribution in [0.2, 0.25) is 0 Å². The quantitative estimate of drug-likeness (QED) is 0.251. The van der Waals surface area contributed by atoms with Crippen LogP contribution >= 0.6 is 0 Å². The molecule has 0 bridgehead atoms. The van der Waals surface area contributed by atoms with Gasteiger partial charge in [0.2, 0.25) is 0 Å². The highest BCUT2D eigenvalue weighted by Crippen LogP contribution is 2.25. The molecule has 4 aromatic carbocycles. The summed E-state index contributed by atoms with van der Waals surface area (Å²) in [7, 11) is -7.79. The highest BCUT2D eigenvalue weighted by Gasteiger charge is 2.20. The zero-order valence-electron chi connectivity index (χ0n) is 21.9. The largest absolute Gasteiger partial charge is 0.322 e. The fourth-order valence-electron chi connectivity index (χ4n) is 4.04. The van der Waals surface area contributed by atoms with Gasteiger partial charge in [-0.3, -0.25) is 14.2 Å². The van der Waals surface area contributed by atoms with E-state index < -0.39 is 26.0 Å². The Kier molecular flexibility index (Phi) is 7.80. The number of hydrogen-bond acceptors (Lipinski definition) is 5. The smallest absolute Gasteiger partial charge is 0.262 e. The molecule has 10 heteroatoms. The van der Waals surface area contributed by atoms with Crippen LogP contribution in [0.25, 0.3) is 0 Å². The van der Waals surface area contributed by atoms with Crippen LogP contribution in [0.3, 0.4) is 0 Å². The van der Waals surface area contributed by atoms with Gasteiger partial charge in [0.15, 0.2) is 0 Å². The average molecular weight is 564 g/mol. The second-order valence-electron chi connectivity index (χ2n) is 9.31. The molecule has 0 aliphatic carbocycles. The van der Waals surface area contributed by atoms with E-state index in [-0.39, 0.29) is 15.4 Å². The highest BCUT2D eigenvalue weighted by molar-refractivity contribution is 7.93. The molecule has 0 aliphatic heterocycles. The lowest BCUT2D eigenvalue weighted by atomic mass is 10.1. The standard InChI is InChI=1S/C29H29N3O5S2/c1-19-7-5-10-25(17-19)31-39(36,37)27-18-23(12-11-20(27)2)29(33)30-24-13-15-26(16-14-24)38(34,35)32-28-21(3)8-6-9-22(28)4/h5-18,31-32H,1-4H3,(H,30,33). The highest BCUT2D eigenvalue weighted by atomic mass is 32.2. The normalized spacial score (nSPS) is 11.6. The molecule has 202 valence electrons. The summed E-state index contributed by atoms with van der Waals surface area (Å²) in [5, 5.41) is 2.69. The number of benzene rings is 4. The van der Waals surface area contributed by atoms with Crippen LogP contribution in [-0.4, -0.2) is 22.7 Å². The first-order valence-corrected chi connectivity index (χ1v) is 15.0. The second kappa shape index (κ2) is 10.9. The summed E-state index contributed by atoms with van der Waals surface area (Å²) in [6.45, 7) is 7.16. The maximum Gasteiger partial charge on any atom is 0.262 e. The Hall–Kier alpha value is -4.15. The van der Waals surface area contributed by atoms with E-state index in [0.717, 1.165) is 16.7 Å². The van der Waals surface area contributed by atoms with Crippen LogP contribution < -0.4 is 14.8 Å². The van der Waals surface area contributed by atoms with Gasteiger partial charge in [-0.25, -0.2) is 16.8 Å². The lowest BCUT2D eigenvalue weighted by Gasteiger charge is -2.14. The Labute approximate surface area is 229 Å². The van der Waals surface area contributed by atoms with Gasteiger partial charge < -0.3 is 5.32 Å². The molecule has 0 heterocycles. The average Bonchev–Trinajstić information content (AvgIpc) is 2.86. The number of nitrogens with one attached hydrogen (secondary N) is 3. The minimum absolute atomic E-state index is 0.0179. The number of amides is 1. The molecule has 4 aromatic rings. The molecule has 8 nitrogen and oxygen atoms in total. The van der Waals surface area contributed by atoms with Crippen molar-refractivity contribution in [3.63, 3.8) is 0 Å². The number of anilines is 3. The summed E-state index contributed by atoms with van der Waals surface area (Å²) in [5.41, 5.74) is 4.43. The maximum atomic E-state index is 13.1. The van der Waals surface area contributed by atoms with E-state index in [9.17, 15) is 21.6 Å². The van der Waals surface area contributed by atoms with Gasteiger partial charge in [-0.15, -0.1) is 0 Å². The van der Waals surface area contributed by atoms with Crippen LogP contribution in [-0.2, 0) is 20.0 Å². The van der Waals surface area contributed by atoms with E-state index in [2.05, 4.69) is 14.8 Å². The monoisotopic (exact) mass is 563 g/mol. The zero-order valence-corrected chi connectivity index (χ0v) is 23.6. The van der Waals surface area contributed by atoms with Crippen LogP contribution in [0.5, 0.6) is 0 Å². The lowest BCUT2D eigenvalue weighted by Crippen LogP contribution is -2.17. The molecule has 4 rings (SSSR count). The molecule has 39 heavy (non-hydrogen) atoms. The molecule has 0 fully saturated rings. The first kappa shape index (κ1) is 27.9. The van der Waals surface area contributed by atoms with Gasteiger partial charge in [0, 0.05) is 16.9 Å². The van der Waals surface area contributed by atoms with Gasteiger partial charge in [0.1, 0.15) is 0 Å². The van der Waals surface area contributed by atoms with Crippen molar-refractivity contribution < 1.29 is 21.6 Å². The molecular weight excluding hydrogens is 534 g/mol. The number of hydrogen-bond donors (Lipinski definition) is 3. The summed E-state index contributed by atoms with van der Waals surface area (Å²) in [5.74, 6) is -0.536. The first-order chi connectivity index (χ1) is 18.4. The summed E-state index contributed by atoms with van der Waals surface area (Å²) < 4.78 is 57.1. The van der Waals surface area contributed by atoms with E-state index in [4.69, 9.17) is 0 Å². The van der Waals surface area contributed by atoms with E-state index in [1.165, 1.54) is 36.4 Å². The van der Waals surface area contributed by atoms with Gasteiger partial charge in [0.25, 0.3) is 26.0 Å². The SMILES string of the molecule is Cc1cccc(NS(=O)(=O)c2cc(C(=O)Nc3ccc(S(=O)(=O)Nc4c(C)cccc4C)cc3)ccc2C)c1. The van der Waals surface area contributed by atoms with Gasteiger partial charge in [-0.1, -0.05) is 36.4 Å². The molecule has 0 aliphatic rings. The van der Waals surface area contributed by atoms with Crippen molar-refractivity contribution in [2.45, 2.75) is 37.5 Å². The Morgan fingerprint density at radius 1 is 0.615 bits per heavy atom. The molecule has 0 aromatic heterocycles. The van der Waals surface area contributed by atoms with Gasteiger partial charge in [-0.05, 0) is 98.5 Å². The third-order valence-electron chi connectivity index (χ3n) is 6.15. The van der Waals surface area contributed by atoms with E-state index in [1.807, 2.05) is 45.0 Å². The Morgan fingerprint density at radius 2 is 1.26 bits per heavy atom. The van der Waals surface area contributed by atoms with E-state index in [1.54, 1.807) is 31.2 Å². The maximum absolute atomic E-state index is 13.1. The van der Waals surface area contributed by atoms with Crippen LogP contribution in [0, 0.1) is 27.7 Å². The number of sulfonamides is 2. The van der Waals surface area contributed by atoms with Crippen molar-refractivity contribution in [1.82, 2.24) is 0 Å². The Morgan fingerprint density at radius 3 is 1.90 bits per heavy atom. The van der Waals surface area contributed by atoms with Crippen LogP contribution in [0.1, 0.15) is 32.6 Å². The van der Waals surface area contributed by atoms with Crippen molar-refractivity contribution in [2.24, 2.45) is 0 Å². The summed E-state index contributed by atoms with van der Waals surface area (Å²) in [6, 6.07) is 22.6. The molecule has 0 saturated heterocycles. The molecule has 0 atom stereocenters. The molecule has 0 radical (unpaired) electrons.